The molecular weight excluding hydrogens is 356 g/mol. The first-order valence-electron chi connectivity index (χ1n) is 9.97. The molecule has 152 valence electrons. The Morgan fingerprint density at radius 2 is 1.71 bits per heavy atom. The molecule has 2 rings (SSSR count). The molecule has 1 aromatic carbocycles. The summed E-state index contributed by atoms with van der Waals surface area (Å²) in [5.74, 6) is -0.258. The van der Waals surface area contributed by atoms with Crippen molar-refractivity contribution in [3.05, 3.63) is 56.2 Å². The number of amides is 1. The van der Waals surface area contributed by atoms with Gasteiger partial charge in [-0.1, -0.05) is 45.7 Å². The summed E-state index contributed by atoms with van der Waals surface area (Å²) in [5.41, 5.74) is 6.69. The van der Waals surface area contributed by atoms with Gasteiger partial charge in [0.05, 0.1) is 0 Å². The van der Waals surface area contributed by atoms with Gasteiger partial charge in [0, 0.05) is 18.7 Å². The van der Waals surface area contributed by atoms with E-state index in [1.807, 2.05) is 32.9 Å². The number of aromatic amines is 1. The number of hydrogen-bond acceptors (Lipinski definition) is 4. The number of carbonyl (C=O) groups is 1. The van der Waals surface area contributed by atoms with E-state index in [1.165, 1.54) is 9.47 Å². The molecule has 0 spiro atoms. The van der Waals surface area contributed by atoms with Gasteiger partial charge in [-0.3, -0.25) is 19.1 Å². The zero-order valence-electron chi connectivity index (χ0n) is 17.0. The highest BCUT2D eigenvalue weighted by Gasteiger charge is 2.24. The maximum atomic E-state index is 13.2. The second-order valence-electron chi connectivity index (χ2n) is 6.86. The third kappa shape index (κ3) is 4.71. The first-order valence-corrected chi connectivity index (χ1v) is 9.97. The minimum Gasteiger partial charge on any atom is -0.383 e. The molecule has 0 aliphatic carbocycles. The van der Waals surface area contributed by atoms with E-state index in [4.69, 9.17) is 5.73 Å². The predicted octanol–water partition coefficient (Wildman–Crippen LogP) is 2.93. The van der Waals surface area contributed by atoms with E-state index in [-0.39, 0.29) is 17.4 Å². The summed E-state index contributed by atoms with van der Waals surface area (Å²) < 4.78 is 1.34. The lowest BCUT2D eigenvalue weighted by Crippen LogP contribution is -2.41. The Morgan fingerprint density at radius 3 is 2.29 bits per heavy atom. The highest BCUT2D eigenvalue weighted by Crippen LogP contribution is 2.21. The van der Waals surface area contributed by atoms with Gasteiger partial charge in [-0.25, -0.2) is 4.79 Å². The van der Waals surface area contributed by atoms with Gasteiger partial charge in [0.2, 0.25) is 0 Å². The van der Waals surface area contributed by atoms with Gasteiger partial charge in [0.1, 0.15) is 5.82 Å². The van der Waals surface area contributed by atoms with Crippen LogP contribution in [0.4, 0.5) is 11.5 Å². The standard InChI is InChI=1S/C21H30N4O3/c1-4-7-13-24(20(27)16-11-9-15(6-3)10-12-16)17-18(22)25(14-8-5-2)21(28)23-19(17)26/h9-12H,4-8,13-14,22H2,1-3H3,(H,23,26,28). The van der Waals surface area contributed by atoms with E-state index in [0.717, 1.165) is 31.2 Å². The Balaban J connectivity index is 2.53. The number of rotatable bonds is 9. The lowest BCUT2D eigenvalue weighted by atomic mass is 10.1. The molecule has 0 atom stereocenters. The summed E-state index contributed by atoms with van der Waals surface area (Å²) in [6.07, 6.45) is 4.07. The van der Waals surface area contributed by atoms with Gasteiger partial charge in [-0.2, -0.15) is 0 Å². The van der Waals surface area contributed by atoms with Crippen molar-refractivity contribution in [3.63, 3.8) is 0 Å². The molecule has 7 heteroatoms. The Labute approximate surface area is 165 Å². The maximum absolute atomic E-state index is 13.2. The van der Waals surface area contributed by atoms with Crippen LogP contribution in [0.1, 0.15) is 62.4 Å². The quantitative estimate of drug-likeness (QED) is 0.692. The van der Waals surface area contributed by atoms with Crippen LogP contribution < -0.4 is 21.9 Å². The Bertz CT molecular complexity index is 913. The van der Waals surface area contributed by atoms with Gasteiger partial charge >= 0.3 is 5.69 Å². The fourth-order valence-corrected chi connectivity index (χ4v) is 3.05. The Hall–Kier alpha value is -2.83. The number of nitrogen functional groups attached to an aromatic ring is 1. The second-order valence-corrected chi connectivity index (χ2v) is 6.86. The molecule has 2 aromatic rings. The van der Waals surface area contributed by atoms with Crippen molar-refractivity contribution in [2.75, 3.05) is 17.2 Å². The highest BCUT2D eigenvalue weighted by atomic mass is 16.2. The molecule has 0 bridgehead atoms. The zero-order valence-corrected chi connectivity index (χ0v) is 17.0. The summed E-state index contributed by atoms with van der Waals surface area (Å²) in [5, 5.41) is 0. The fourth-order valence-electron chi connectivity index (χ4n) is 3.05. The van der Waals surface area contributed by atoms with Gasteiger partial charge in [-0.05, 0) is 37.0 Å². The smallest absolute Gasteiger partial charge is 0.330 e. The largest absolute Gasteiger partial charge is 0.383 e. The Kier molecular flexibility index (Phi) is 7.61. The van der Waals surface area contributed by atoms with Gasteiger partial charge in [-0.15, -0.1) is 0 Å². The Morgan fingerprint density at radius 1 is 1.07 bits per heavy atom. The molecule has 0 aliphatic rings. The van der Waals surface area contributed by atoms with Crippen LogP contribution in [0.5, 0.6) is 0 Å². The van der Waals surface area contributed by atoms with E-state index in [9.17, 15) is 14.4 Å². The topological polar surface area (TPSA) is 101 Å². The van der Waals surface area contributed by atoms with Crippen LogP contribution in [-0.4, -0.2) is 22.0 Å². The molecule has 0 saturated carbocycles. The number of anilines is 2. The maximum Gasteiger partial charge on any atom is 0.330 e. The van der Waals surface area contributed by atoms with Crippen LogP contribution >= 0.6 is 0 Å². The van der Waals surface area contributed by atoms with Crippen LogP contribution in [0.25, 0.3) is 0 Å². The van der Waals surface area contributed by atoms with E-state index >= 15 is 0 Å². The van der Waals surface area contributed by atoms with E-state index in [1.54, 1.807) is 12.1 Å². The minimum absolute atomic E-state index is 0.0387. The van der Waals surface area contributed by atoms with Crippen molar-refractivity contribution >= 4 is 17.4 Å². The first-order chi connectivity index (χ1) is 13.4. The number of hydrogen-bond donors (Lipinski definition) is 2. The van der Waals surface area contributed by atoms with E-state index in [0.29, 0.717) is 25.1 Å². The summed E-state index contributed by atoms with van der Waals surface area (Å²) in [4.78, 5) is 41.7. The lowest BCUT2D eigenvalue weighted by Gasteiger charge is -2.24. The fraction of sp³-hybridized carbons (Fsp3) is 0.476. The number of aromatic nitrogens is 2. The van der Waals surface area contributed by atoms with Crippen molar-refractivity contribution < 1.29 is 4.79 Å². The summed E-state index contributed by atoms with van der Waals surface area (Å²) in [7, 11) is 0. The SMILES string of the molecule is CCCCN(C(=O)c1ccc(CC)cc1)c1c(N)n(CCCC)c(=O)[nH]c1=O. The van der Waals surface area contributed by atoms with Gasteiger partial charge in [0.25, 0.3) is 11.5 Å². The minimum atomic E-state index is -0.634. The van der Waals surface area contributed by atoms with Crippen LogP contribution in [0.2, 0.25) is 0 Å². The predicted molar refractivity (Wildman–Crippen MR) is 113 cm³/mol. The van der Waals surface area contributed by atoms with Crippen LogP contribution in [-0.2, 0) is 13.0 Å². The number of H-pyrrole nitrogens is 1. The molecule has 0 fully saturated rings. The summed E-state index contributed by atoms with van der Waals surface area (Å²) in [6, 6.07) is 7.33. The van der Waals surface area contributed by atoms with E-state index in [2.05, 4.69) is 4.98 Å². The molecule has 0 saturated heterocycles. The van der Waals surface area contributed by atoms with Crippen LogP contribution in [0.15, 0.2) is 33.9 Å². The molecule has 0 unspecified atom stereocenters. The first kappa shape index (κ1) is 21.5. The molecular formula is C21H30N4O3. The molecule has 0 aliphatic heterocycles. The third-order valence-electron chi connectivity index (χ3n) is 4.81. The average molecular weight is 386 g/mol. The van der Waals surface area contributed by atoms with Crippen molar-refractivity contribution in [3.8, 4) is 0 Å². The van der Waals surface area contributed by atoms with Gasteiger partial charge < -0.3 is 10.6 Å². The number of nitrogens with zero attached hydrogens (tertiary/aromatic N) is 2. The van der Waals surface area contributed by atoms with Gasteiger partial charge in [0.15, 0.2) is 5.69 Å². The monoisotopic (exact) mass is 386 g/mol. The summed E-state index contributed by atoms with van der Waals surface area (Å²) >= 11 is 0. The van der Waals surface area contributed by atoms with Crippen LogP contribution in [0.3, 0.4) is 0 Å². The van der Waals surface area contributed by atoms with Crippen LogP contribution in [0, 0.1) is 0 Å². The second kappa shape index (κ2) is 9.92. The molecule has 28 heavy (non-hydrogen) atoms. The average Bonchev–Trinajstić information content (AvgIpc) is 2.69. The van der Waals surface area contributed by atoms with Crippen molar-refractivity contribution in [2.24, 2.45) is 0 Å². The number of unbranched alkanes of at least 4 members (excludes halogenated alkanes) is 2. The number of aryl methyl sites for hydroxylation is 1. The molecule has 1 heterocycles. The molecule has 1 amide bonds. The number of carbonyl (C=O) groups excluding carboxylic acids is 1. The number of nitrogens with two attached hydrogens (primary N) is 1. The lowest BCUT2D eigenvalue weighted by molar-refractivity contribution is 0.0986. The summed E-state index contributed by atoms with van der Waals surface area (Å²) in [6.45, 7) is 6.81. The van der Waals surface area contributed by atoms with E-state index < -0.39 is 11.2 Å². The van der Waals surface area contributed by atoms with Crippen molar-refractivity contribution in [2.45, 2.75) is 59.4 Å². The van der Waals surface area contributed by atoms with Crippen molar-refractivity contribution in [1.29, 1.82) is 0 Å². The zero-order chi connectivity index (χ0) is 20.7. The highest BCUT2D eigenvalue weighted by molar-refractivity contribution is 6.07. The third-order valence-corrected chi connectivity index (χ3v) is 4.81. The molecule has 1 aromatic heterocycles. The molecule has 0 radical (unpaired) electrons. The molecule has 3 N–H and O–H groups in total. The normalized spacial score (nSPS) is 10.8. The number of nitrogens with one attached hydrogen (secondary N) is 1. The van der Waals surface area contributed by atoms with Crippen molar-refractivity contribution in [1.82, 2.24) is 9.55 Å². The number of benzene rings is 1. The molecule has 7 nitrogen and oxygen atoms in total.